The number of carbonyl (C=O) groups excluding carboxylic acids is 1. The number of hydrogen-bond donors (Lipinski definition) is 2. The molecule has 0 bridgehead atoms. The summed E-state index contributed by atoms with van der Waals surface area (Å²) in [6, 6.07) is 10.9. The number of nitrogens with one attached hydrogen (secondary N) is 2. The van der Waals surface area contributed by atoms with Gasteiger partial charge in [-0.1, -0.05) is 37.3 Å². The van der Waals surface area contributed by atoms with Crippen LogP contribution < -0.4 is 10.6 Å². The molecule has 4 heteroatoms. The zero-order valence-electron chi connectivity index (χ0n) is 14.2. The highest BCUT2D eigenvalue weighted by atomic mass is 16.2. The Balaban J connectivity index is 1.78. The van der Waals surface area contributed by atoms with Crippen molar-refractivity contribution >= 4 is 5.91 Å². The molecular formula is C18H29N3O. The Bertz CT molecular complexity index is 481. The molecule has 2 rings (SSSR count). The standard InChI is InChI=1S/C18H29N3O/c1-14-11-21(12-15-8-6-5-7-9-15)13-16(14)19-10-17(22)20-18(2,3)4/h5-9,14,16,19H,10-13H2,1-4H3,(H,20,22)/t14-,16-/m0/s1. The van der Waals surface area contributed by atoms with E-state index in [0.29, 0.717) is 18.5 Å². The van der Waals surface area contributed by atoms with Crippen molar-refractivity contribution in [1.82, 2.24) is 15.5 Å². The van der Waals surface area contributed by atoms with Gasteiger partial charge in [-0.05, 0) is 32.3 Å². The van der Waals surface area contributed by atoms with Gasteiger partial charge in [-0.15, -0.1) is 0 Å². The second-order valence-electron chi connectivity index (χ2n) is 7.44. The first-order valence-electron chi connectivity index (χ1n) is 8.14. The summed E-state index contributed by atoms with van der Waals surface area (Å²) in [5.74, 6) is 0.632. The van der Waals surface area contributed by atoms with E-state index in [1.54, 1.807) is 0 Å². The number of hydrogen-bond acceptors (Lipinski definition) is 3. The molecule has 0 aliphatic carbocycles. The number of amides is 1. The zero-order valence-corrected chi connectivity index (χ0v) is 14.2. The monoisotopic (exact) mass is 303 g/mol. The van der Waals surface area contributed by atoms with Crippen molar-refractivity contribution in [3.63, 3.8) is 0 Å². The summed E-state index contributed by atoms with van der Waals surface area (Å²) in [4.78, 5) is 14.4. The topological polar surface area (TPSA) is 44.4 Å². The van der Waals surface area contributed by atoms with Crippen LogP contribution in [0.2, 0.25) is 0 Å². The highest BCUT2D eigenvalue weighted by Gasteiger charge is 2.29. The smallest absolute Gasteiger partial charge is 0.234 e. The van der Waals surface area contributed by atoms with Gasteiger partial charge in [0.15, 0.2) is 0 Å². The largest absolute Gasteiger partial charge is 0.350 e. The van der Waals surface area contributed by atoms with Gasteiger partial charge in [-0.2, -0.15) is 0 Å². The molecule has 22 heavy (non-hydrogen) atoms. The van der Waals surface area contributed by atoms with Gasteiger partial charge in [-0.3, -0.25) is 9.69 Å². The molecule has 0 saturated carbocycles. The van der Waals surface area contributed by atoms with Gasteiger partial charge < -0.3 is 10.6 Å². The minimum Gasteiger partial charge on any atom is -0.350 e. The number of likely N-dealkylation sites (tertiary alicyclic amines) is 1. The second-order valence-corrected chi connectivity index (χ2v) is 7.44. The molecular weight excluding hydrogens is 274 g/mol. The van der Waals surface area contributed by atoms with Crippen LogP contribution in [-0.4, -0.2) is 42.0 Å². The predicted octanol–water partition coefficient (Wildman–Crippen LogP) is 2.01. The van der Waals surface area contributed by atoms with Crippen LogP contribution >= 0.6 is 0 Å². The summed E-state index contributed by atoms with van der Waals surface area (Å²) in [6.45, 7) is 11.7. The fraction of sp³-hybridized carbons (Fsp3) is 0.611. The van der Waals surface area contributed by atoms with E-state index in [1.165, 1.54) is 5.56 Å². The molecule has 2 N–H and O–H groups in total. The minimum atomic E-state index is -0.167. The van der Waals surface area contributed by atoms with Gasteiger partial charge in [-0.25, -0.2) is 0 Å². The first kappa shape index (κ1) is 17.0. The lowest BCUT2D eigenvalue weighted by Crippen LogP contribution is -2.47. The zero-order chi connectivity index (χ0) is 16.2. The Hall–Kier alpha value is -1.39. The van der Waals surface area contributed by atoms with E-state index in [-0.39, 0.29) is 11.4 Å². The minimum absolute atomic E-state index is 0.0706. The summed E-state index contributed by atoms with van der Waals surface area (Å²) >= 11 is 0. The molecule has 2 atom stereocenters. The lowest BCUT2D eigenvalue weighted by molar-refractivity contribution is -0.121. The van der Waals surface area contributed by atoms with Crippen molar-refractivity contribution in [2.45, 2.75) is 45.8 Å². The van der Waals surface area contributed by atoms with E-state index >= 15 is 0 Å². The van der Waals surface area contributed by atoms with Gasteiger partial charge in [0.25, 0.3) is 0 Å². The molecule has 0 unspecified atom stereocenters. The summed E-state index contributed by atoms with van der Waals surface area (Å²) in [6.07, 6.45) is 0. The molecule has 1 aromatic carbocycles. The first-order chi connectivity index (χ1) is 10.3. The maximum atomic E-state index is 11.9. The second kappa shape index (κ2) is 7.25. The quantitative estimate of drug-likeness (QED) is 0.874. The molecule has 1 heterocycles. The highest BCUT2D eigenvalue weighted by molar-refractivity contribution is 5.78. The molecule has 0 radical (unpaired) electrons. The predicted molar refractivity (Wildman–Crippen MR) is 90.6 cm³/mol. The highest BCUT2D eigenvalue weighted by Crippen LogP contribution is 2.18. The molecule has 1 fully saturated rings. The van der Waals surface area contributed by atoms with E-state index in [4.69, 9.17) is 0 Å². The first-order valence-corrected chi connectivity index (χ1v) is 8.14. The van der Waals surface area contributed by atoms with Gasteiger partial charge in [0.05, 0.1) is 6.54 Å². The molecule has 4 nitrogen and oxygen atoms in total. The third-order valence-electron chi connectivity index (χ3n) is 3.98. The van der Waals surface area contributed by atoms with Gasteiger partial charge >= 0.3 is 0 Å². The summed E-state index contributed by atoms with van der Waals surface area (Å²) < 4.78 is 0. The SMILES string of the molecule is C[C@H]1CN(Cc2ccccc2)C[C@@H]1NCC(=O)NC(C)(C)C. The summed E-state index contributed by atoms with van der Waals surface area (Å²) in [7, 11) is 0. The Labute approximate surface area is 134 Å². The van der Waals surface area contributed by atoms with Crippen LogP contribution in [0.1, 0.15) is 33.3 Å². The maximum Gasteiger partial charge on any atom is 0.234 e. The molecule has 0 aromatic heterocycles. The van der Waals surface area contributed by atoms with Crippen molar-refractivity contribution in [3.8, 4) is 0 Å². The molecule has 1 aliphatic rings. The van der Waals surface area contributed by atoms with E-state index in [9.17, 15) is 4.79 Å². The average molecular weight is 303 g/mol. The van der Waals surface area contributed by atoms with Crippen LogP contribution in [0.15, 0.2) is 30.3 Å². The molecule has 1 aromatic rings. The number of benzene rings is 1. The molecule has 0 spiro atoms. The molecule has 1 saturated heterocycles. The van der Waals surface area contributed by atoms with E-state index in [0.717, 1.165) is 19.6 Å². The van der Waals surface area contributed by atoms with E-state index in [2.05, 4.69) is 46.7 Å². The Morgan fingerprint density at radius 2 is 1.91 bits per heavy atom. The van der Waals surface area contributed by atoms with Crippen LogP contribution in [0.25, 0.3) is 0 Å². The normalized spacial score (nSPS) is 22.7. The Morgan fingerprint density at radius 1 is 1.23 bits per heavy atom. The van der Waals surface area contributed by atoms with Crippen molar-refractivity contribution in [2.24, 2.45) is 5.92 Å². The van der Waals surface area contributed by atoms with Crippen molar-refractivity contribution in [2.75, 3.05) is 19.6 Å². The average Bonchev–Trinajstić information content (AvgIpc) is 2.76. The summed E-state index contributed by atoms with van der Waals surface area (Å²) in [5.41, 5.74) is 1.18. The Kier molecular flexibility index (Phi) is 5.59. The van der Waals surface area contributed by atoms with E-state index in [1.807, 2.05) is 26.8 Å². The van der Waals surface area contributed by atoms with Crippen LogP contribution in [-0.2, 0) is 11.3 Å². The van der Waals surface area contributed by atoms with Gasteiger partial charge in [0.2, 0.25) is 5.91 Å². The lowest BCUT2D eigenvalue weighted by Gasteiger charge is -2.22. The molecule has 122 valence electrons. The lowest BCUT2D eigenvalue weighted by atomic mass is 10.1. The van der Waals surface area contributed by atoms with Crippen LogP contribution in [0.5, 0.6) is 0 Å². The third kappa shape index (κ3) is 5.43. The Morgan fingerprint density at radius 3 is 2.55 bits per heavy atom. The van der Waals surface area contributed by atoms with Gasteiger partial charge in [0.1, 0.15) is 0 Å². The number of nitrogens with zero attached hydrogens (tertiary/aromatic N) is 1. The fourth-order valence-corrected chi connectivity index (χ4v) is 2.99. The van der Waals surface area contributed by atoms with Crippen molar-refractivity contribution in [3.05, 3.63) is 35.9 Å². The van der Waals surface area contributed by atoms with Crippen molar-refractivity contribution in [1.29, 1.82) is 0 Å². The molecule has 1 amide bonds. The fourth-order valence-electron chi connectivity index (χ4n) is 2.99. The van der Waals surface area contributed by atoms with Crippen LogP contribution in [0.4, 0.5) is 0 Å². The number of rotatable bonds is 5. The summed E-state index contributed by atoms with van der Waals surface area (Å²) in [5, 5.41) is 6.41. The molecule has 1 aliphatic heterocycles. The van der Waals surface area contributed by atoms with Crippen LogP contribution in [0.3, 0.4) is 0 Å². The van der Waals surface area contributed by atoms with Crippen molar-refractivity contribution < 1.29 is 4.79 Å². The van der Waals surface area contributed by atoms with Gasteiger partial charge in [0, 0.05) is 31.2 Å². The maximum absolute atomic E-state index is 11.9. The van der Waals surface area contributed by atoms with E-state index < -0.39 is 0 Å². The third-order valence-corrected chi connectivity index (χ3v) is 3.98. The number of carbonyl (C=O) groups is 1. The van der Waals surface area contributed by atoms with Crippen LogP contribution in [0, 0.1) is 5.92 Å².